The number of anilines is 1. The molecule has 0 spiro atoms. The van der Waals surface area contributed by atoms with Gasteiger partial charge in [-0.05, 0) is 29.1 Å². The maximum atomic E-state index is 12.4. The van der Waals surface area contributed by atoms with Crippen molar-refractivity contribution in [3.05, 3.63) is 47.6 Å². The van der Waals surface area contributed by atoms with Crippen molar-refractivity contribution in [1.82, 2.24) is 14.7 Å². The minimum Gasteiger partial charge on any atom is -0.493 e. The molecule has 0 aliphatic carbocycles. The van der Waals surface area contributed by atoms with E-state index in [1.807, 2.05) is 19.2 Å². The van der Waals surface area contributed by atoms with Gasteiger partial charge < -0.3 is 14.8 Å². The predicted octanol–water partition coefficient (Wildman–Crippen LogP) is 2.99. The lowest BCUT2D eigenvalue weighted by molar-refractivity contribution is -0.117. The zero-order valence-corrected chi connectivity index (χ0v) is 16.7. The summed E-state index contributed by atoms with van der Waals surface area (Å²) in [4.78, 5) is 15.7. The smallest absolute Gasteiger partial charge is 0.238 e. The normalized spacial score (nSPS) is 14.1. The number of carbonyl (C=O) groups excluding carboxylic acids is 1. The average molecular weight is 398 g/mol. The molecule has 0 unspecified atom stereocenters. The number of nitrogens with one attached hydrogen (secondary N) is 1. The van der Waals surface area contributed by atoms with Gasteiger partial charge in [-0.25, -0.2) is 0 Å². The lowest BCUT2D eigenvalue weighted by atomic mass is 10.1. The third-order valence-electron chi connectivity index (χ3n) is 4.56. The Morgan fingerprint density at radius 3 is 3.04 bits per heavy atom. The van der Waals surface area contributed by atoms with E-state index in [1.165, 1.54) is 4.88 Å². The summed E-state index contributed by atoms with van der Waals surface area (Å²) in [5, 5.41) is 9.01. The third-order valence-corrected chi connectivity index (χ3v) is 5.48. The van der Waals surface area contributed by atoms with E-state index in [1.54, 1.807) is 35.5 Å². The molecule has 3 aromatic rings. The Hall–Kier alpha value is -2.84. The van der Waals surface area contributed by atoms with Gasteiger partial charge in [0.25, 0.3) is 0 Å². The molecule has 3 heterocycles. The van der Waals surface area contributed by atoms with Crippen LogP contribution in [0.5, 0.6) is 11.5 Å². The van der Waals surface area contributed by atoms with Crippen LogP contribution < -0.4 is 14.8 Å². The van der Waals surface area contributed by atoms with Crippen LogP contribution in [0.15, 0.2) is 42.0 Å². The Kier molecular flexibility index (Phi) is 5.31. The summed E-state index contributed by atoms with van der Waals surface area (Å²) in [5.74, 6) is 1.42. The first-order valence-corrected chi connectivity index (χ1v) is 9.89. The molecule has 0 bridgehead atoms. The van der Waals surface area contributed by atoms with Crippen LogP contribution in [0.3, 0.4) is 0 Å². The number of methoxy groups -OCH3 is 1. The largest absolute Gasteiger partial charge is 0.493 e. The number of aromatic nitrogens is 2. The second kappa shape index (κ2) is 8.04. The van der Waals surface area contributed by atoms with Crippen molar-refractivity contribution in [3.63, 3.8) is 0 Å². The minimum absolute atomic E-state index is 0.0715. The monoisotopic (exact) mass is 398 g/mol. The van der Waals surface area contributed by atoms with E-state index in [-0.39, 0.29) is 12.5 Å². The number of aryl methyl sites for hydroxylation is 1. The van der Waals surface area contributed by atoms with E-state index >= 15 is 0 Å². The van der Waals surface area contributed by atoms with E-state index in [2.05, 4.69) is 32.8 Å². The van der Waals surface area contributed by atoms with Gasteiger partial charge >= 0.3 is 0 Å². The molecule has 2 aromatic heterocycles. The molecule has 0 fully saturated rings. The standard InChI is InChI=1S/C20H22N4O3S/c1-23-12-16(10-21-23)22-19(25)13-24-5-6-27-20-15(11-24)8-14(9-17(20)26-2)18-4-3-7-28-18/h3-4,7-10,12H,5-6,11,13H2,1-2H3,(H,22,25). The highest BCUT2D eigenvalue weighted by Crippen LogP contribution is 2.39. The van der Waals surface area contributed by atoms with Crippen LogP contribution in [-0.2, 0) is 18.4 Å². The summed E-state index contributed by atoms with van der Waals surface area (Å²) in [5.41, 5.74) is 2.81. The Labute approximate surface area is 167 Å². The van der Waals surface area contributed by atoms with Crippen LogP contribution in [0.4, 0.5) is 5.69 Å². The number of ether oxygens (including phenoxy) is 2. The summed E-state index contributed by atoms with van der Waals surface area (Å²) in [6.07, 6.45) is 3.41. The number of benzene rings is 1. The topological polar surface area (TPSA) is 68.6 Å². The average Bonchev–Trinajstić information content (AvgIpc) is 3.30. The van der Waals surface area contributed by atoms with Crippen molar-refractivity contribution in [2.24, 2.45) is 7.05 Å². The Bertz CT molecular complexity index is 968. The van der Waals surface area contributed by atoms with E-state index in [9.17, 15) is 4.79 Å². The highest BCUT2D eigenvalue weighted by molar-refractivity contribution is 7.13. The van der Waals surface area contributed by atoms with Crippen molar-refractivity contribution < 1.29 is 14.3 Å². The molecule has 1 aliphatic heterocycles. The van der Waals surface area contributed by atoms with Crippen LogP contribution in [0.1, 0.15) is 5.56 Å². The van der Waals surface area contributed by atoms with Crippen LogP contribution in [-0.4, -0.2) is 47.4 Å². The van der Waals surface area contributed by atoms with Crippen molar-refractivity contribution >= 4 is 22.9 Å². The molecular weight excluding hydrogens is 376 g/mol. The number of thiophene rings is 1. The number of hydrogen-bond acceptors (Lipinski definition) is 6. The van der Waals surface area contributed by atoms with Gasteiger partial charge in [-0.3, -0.25) is 14.4 Å². The lowest BCUT2D eigenvalue weighted by Gasteiger charge is -2.19. The molecule has 28 heavy (non-hydrogen) atoms. The number of fused-ring (bicyclic) bond motifs is 1. The van der Waals surface area contributed by atoms with Crippen LogP contribution in [0.2, 0.25) is 0 Å². The van der Waals surface area contributed by atoms with Crippen molar-refractivity contribution in [3.8, 4) is 21.9 Å². The molecule has 1 N–H and O–H groups in total. The molecule has 8 heteroatoms. The maximum Gasteiger partial charge on any atom is 0.238 e. The molecule has 0 atom stereocenters. The summed E-state index contributed by atoms with van der Waals surface area (Å²) in [7, 11) is 3.47. The number of amides is 1. The zero-order chi connectivity index (χ0) is 19.5. The zero-order valence-electron chi connectivity index (χ0n) is 15.8. The lowest BCUT2D eigenvalue weighted by Crippen LogP contribution is -2.34. The van der Waals surface area contributed by atoms with Crippen LogP contribution in [0, 0.1) is 0 Å². The molecule has 0 saturated carbocycles. The van der Waals surface area contributed by atoms with Gasteiger partial charge in [-0.1, -0.05) is 6.07 Å². The number of carbonyl (C=O) groups is 1. The van der Waals surface area contributed by atoms with E-state index < -0.39 is 0 Å². The number of hydrogen-bond donors (Lipinski definition) is 1. The van der Waals surface area contributed by atoms with Gasteiger partial charge in [0.15, 0.2) is 11.5 Å². The Balaban J connectivity index is 1.53. The first-order valence-electron chi connectivity index (χ1n) is 9.01. The molecule has 146 valence electrons. The van der Waals surface area contributed by atoms with Crippen molar-refractivity contribution in [2.75, 3.05) is 32.1 Å². The first-order chi connectivity index (χ1) is 13.6. The molecule has 0 saturated heterocycles. The SMILES string of the molecule is COc1cc(-c2cccs2)cc2c1OCCN(CC(=O)Nc1cnn(C)c1)C2. The van der Waals surface area contributed by atoms with Crippen LogP contribution >= 0.6 is 11.3 Å². The summed E-state index contributed by atoms with van der Waals surface area (Å²) in [6, 6.07) is 8.25. The highest BCUT2D eigenvalue weighted by atomic mass is 32.1. The second-order valence-corrected chi connectivity index (χ2v) is 7.60. The summed E-state index contributed by atoms with van der Waals surface area (Å²) in [6.45, 7) is 2.06. The first kappa shape index (κ1) is 18.5. The molecule has 4 rings (SSSR count). The number of nitrogens with zero attached hydrogens (tertiary/aromatic N) is 3. The quantitative estimate of drug-likeness (QED) is 0.716. The van der Waals surface area contributed by atoms with Gasteiger partial charge in [-0.2, -0.15) is 5.10 Å². The van der Waals surface area contributed by atoms with Gasteiger partial charge in [0, 0.05) is 36.8 Å². The number of rotatable bonds is 5. The molecular formula is C20H22N4O3S. The second-order valence-electron chi connectivity index (χ2n) is 6.65. The predicted molar refractivity (Wildman–Crippen MR) is 109 cm³/mol. The molecule has 1 aromatic carbocycles. The Morgan fingerprint density at radius 1 is 1.43 bits per heavy atom. The summed E-state index contributed by atoms with van der Waals surface area (Å²) < 4.78 is 13.2. The van der Waals surface area contributed by atoms with Crippen LogP contribution in [0.25, 0.3) is 10.4 Å². The van der Waals surface area contributed by atoms with Crippen molar-refractivity contribution in [1.29, 1.82) is 0 Å². The van der Waals surface area contributed by atoms with Crippen molar-refractivity contribution in [2.45, 2.75) is 6.54 Å². The molecule has 1 aliphatic rings. The van der Waals surface area contributed by atoms with Gasteiger partial charge in [-0.15, -0.1) is 11.3 Å². The van der Waals surface area contributed by atoms with Gasteiger partial charge in [0.2, 0.25) is 5.91 Å². The fourth-order valence-corrected chi connectivity index (χ4v) is 4.01. The van der Waals surface area contributed by atoms with Gasteiger partial charge in [0.1, 0.15) is 6.61 Å². The third kappa shape index (κ3) is 4.02. The fraction of sp³-hybridized carbons (Fsp3) is 0.300. The highest BCUT2D eigenvalue weighted by Gasteiger charge is 2.22. The maximum absolute atomic E-state index is 12.4. The molecule has 7 nitrogen and oxygen atoms in total. The minimum atomic E-state index is -0.0715. The molecule has 1 amide bonds. The van der Waals surface area contributed by atoms with E-state index in [4.69, 9.17) is 9.47 Å². The van der Waals surface area contributed by atoms with E-state index in [0.29, 0.717) is 25.4 Å². The van der Waals surface area contributed by atoms with Gasteiger partial charge in [0.05, 0.1) is 25.5 Å². The Morgan fingerprint density at radius 2 is 2.32 bits per heavy atom. The van der Waals surface area contributed by atoms with E-state index in [0.717, 1.165) is 22.6 Å². The fourth-order valence-electron chi connectivity index (χ4n) is 3.30. The molecule has 0 radical (unpaired) electrons. The summed E-state index contributed by atoms with van der Waals surface area (Å²) >= 11 is 1.68.